The molecule has 2 saturated heterocycles. The Hall–Kier alpha value is -1.55. The molecule has 0 radical (unpaired) electrons. The smallest absolute Gasteiger partial charge is 0.223 e. The summed E-state index contributed by atoms with van der Waals surface area (Å²) in [6.45, 7) is 4.80. The van der Waals surface area contributed by atoms with Crippen LogP contribution in [-0.2, 0) is 11.4 Å². The first-order chi connectivity index (χ1) is 9.19. The van der Waals surface area contributed by atoms with Crippen molar-refractivity contribution in [2.75, 3.05) is 24.5 Å². The zero-order valence-corrected chi connectivity index (χ0v) is 11.3. The number of benzene rings is 1. The molecule has 2 aliphatic rings. The minimum atomic E-state index is 0.0943. The third-order valence-electron chi connectivity index (χ3n) is 4.36. The van der Waals surface area contributed by atoms with E-state index >= 15 is 0 Å². The van der Waals surface area contributed by atoms with Crippen molar-refractivity contribution in [3.8, 4) is 0 Å². The second-order valence-electron chi connectivity index (χ2n) is 5.49. The lowest BCUT2D eigenvalue weighted by molar-refractivity contribution is -0.129. The summed E-state index contributed by atoms with van der Waals surface area (Å²) in [5, 5.41) is 9.21. The van der Waals surface area contributed by atoms with Gasteiger partial charge in [-0.3, -0.25) is 4.79 Å². The molecule has 1 N–H and O–H groups in total. The minimum Gasteiger partial charge on any atom is -0.392 e. The quantitative estimate of drug-likeness (QED) is 0.871. The van der Waals surface area contributed by atoms with Crippen molar-refractivity contribution in [3.63, 3.8) is 0 Å². The number of hydrogen-bond acceptors (Lipinski definition) is 3. The van der Waals surface area contributed by atoms with Gasteiger partial charge in [0.2, 0.25) is 5.91 Å². The Morgan fingerprint density at radius 2 is 2.21 bits per heavy atom. The summed E-state index contributed by atoms with van der Waals surface area (Å²) >= 11 is 0. The molecule has 2 aliphatic heterocycles. The Bertz CT molecular complexity index is 501. The van der Waals surface area contributed by atoms with Crippen molar-refractivity contribution < 1.29 is 9.90 Å². The van der Waals surface area contributed by atoms with E-state index in [0.29, 0.717) is 18.4 Å². The van der Waals surface area contributed by atoms with Crippen LogP contribution in [0, 0.1) is 6.92 Å². The molecule has 1 unspecified atom stereocenters. The van der Waals surface area contributed by atoms with Crippen LogP contribution in [0.2, 0.25) is 0 Å². The summed E-state index contributed by atoms with van der Waals surface area (Å²) in [7, 11) is 0. The summed E-state index contributed by atoms with van der Waals surface area (Å²) < 4.78 is 0. The van der Waals surface area contributed by atoms with Crippen LogP contribution >= 0.6 is 0 Å². The number of piperazine rings is 1. The van der Waals surface area contributed by atoms with Crippen LogP contribution in [0.5, 0.6) is 0 Å². The topological polar surface area (TPSA) is 43.8 Å². The van der Waals surface area contributed by atoms with Gasteiger partial charge in [0.05, 0.1) is 6.61 Å². The third kappa shape index (κ3) is 2.21. The lowest BCUT2D eigenvalue weighted by atomic mass is 10.1. The molecule has 1 aromatic carbocycles. The SMILES string of the molecule is Cc1cc(N2CCN3C(=O)CCC3C2)ccc1CO. The second-order valence-corrected chi connectivity index (χ2v) is 5.49. The van der Waals surface area contributed by atoms with Gasteiger partial charge in [0.15, 0.2) is 0 Å². The van der Waals surface area contributed by atoms with Gasteiger partial charge in [-0.05, 0) is 36.6 Å². The molecule has 0 aromatic heterocycles. The van der Waals surface area contributed by atoms with Crippen LogP contribution < -0.4 is 4.90 Å². The van der Waals surface area contributed by atoms with Crippen LogP contribution in [0.3, 0.4) is 0 Å². The largest absolute Gasteiger partial charge is 0.392 e. The van der Waals surface area contributed by atoms with Gasteiger partial charge < -0.3 is 14.9 Å². The molecule has 102 valence electrons. The lowest BCUT2D eigenvalue weighted by Crippen LogP contribution is -2.51. The number of anilines is 1. The molecule has 0 aliphatic carbocycles. The van der Waals surface area contributed by atoms with E-state index in [4.69, 9.17) is 0 Å². The Labute approximate surface area is 113 Å². The number of nitrogens with zero attached hydrogens (tertiary/aromatic N) is 2. The van der Waals surface area contributed by atoms with Crippen LogP contribution in [0.15, 0.2) is 18.2 Å². The number of aliphatic hydroxyl groups excluding tert-OH is 1. The fraction of sp³-hybridized carbons (Fsp3) is 0.533. The molecule has 0 bridgehead atoms. The summed E-state index contributed by atoms with van der Waals surface area (Å²) in [5.74, 6) is 0.316. The molecule has 1 amide bonds. The maximum absolute atomic E-state index is 11.7. The number of aliphatic hydroxyl groups is 1. The predicted molar refractivity (Wildman–Crippen MR) is 74.0 cm³/mol. The second kappa shape index (κ2) is 4.85. The molecule has 19 heavy (non-hydrogen) atoms. The fourth-order valence-electron chi connectivity index (χ4n) is 3.15. The highest BCUT2D eigenvalue weighted by atomic mass is 16.3. The van der Waals surface area contributed by atoms with Crippen molar-refractivity contribution in [1.82, 2.24) is 4.90 Å². The van der Waals surface area contributed by atoms with Crippen molar-refractivity contribution >= 4 is 11.6 Å². The molecule has 4 heteroatoms. The van der Waals surface area contributed by atoms with E-state index in [1.165, 1.54) is 5.69 Å². The van der Waals surface area contributed by atoms with Crippen molar-refractivity contribution in [2.24, 2.45) is 0 Å². The molecule has 3 rings (SSSR count). The number of hydrogen-bond donors (Lipinski definition) is 1. The van der Waals surface area contributed by atoms with Gasteiger partial charge in [-0.25, -0.2) is 0 Å². The average Bonchev–Trinajstić information content (AvgIpc) is 2.80. The van der Waals surface area contributed by atoms with Crippen molar-refractivity contribution in [3.05, 3.63) is 29.3 Å². The fourth-order valence-corrected chi connectivity index (χ4v) is 3.15. The summed E-state index contributed by atoms with van der Waals surface area (Å²) in [5.41, 5.74) is 3.32. The first kappa shape index (κ1) is 12.5. The van der Waals surface area contributed by atoms with Gasteiger partial charge in [-0.1, -0.05) is 6.07 Å². The van der Waals surface area contributed by atoms with Gasteiger partial charge in [0.1, 0.15) is 0 Å². The molecular formula is C15H20N2O2. The Balaban J connectivity index is 1.77. The number of carbonyl (C=O) groups excluding carboxylic acids is 1. The maximum atomic E-state index is 11.7. The van der Waals surface area contributed by atoms with Gasteiger partial charge in [0.25, 0.3) is 0 Å². The lowest BCUT2D eigenvalue weighted by Gasteiger charge is -2.39. The van der Waals surface area contributed by atoms with Crippen molar-refractivity contribution in [1.29, 1.82) is 0 Å². The molecule has 0 saturated carbocycles. The number of fused-ring (bicyclic) bond motifs is 1. The van der Waals surface area contributed by atoms with Gasteiger partial charge >= 0.3 is 0 Å². The molecule has 1 aromatic rings. The van der Waals surface area contributed by atoms with Crippen LogP contribution in [0.4, 0.5) is 5.69 Å². The number of aryl methyl sites for hydroxylation is 1. The first-order valence-electron chi connectivity index (χ1n) is 6.94. The molecule has 2 heterocycles. The molecule has 0 spiro atoms. The normalized spacial score (nSPS) is 22.8. The monoisotopic (exact) mass is 260 g/mol. The van der Waals surface area contributed by atoms with E-state index in [2.05, 4.69) is 17.0 Å². The van der Waals surface area contributed by atoms with E-state index in [1.807, 2.05) is 17.9 Å². The van der Waals surface area contributed by atoms with Crippen LogP contribution in [0.25, 0.3) is 0 Å². The van der Waals surface area contributed by atoms with E-state index < -0.39 is 0 Å². The van der Waals surface area contributed by atoms with Crippen LogP contribution in [0.1, 0.15) is 24.0 Å². The standard InChI is InChI=1S/C15H20N2O2/c1-11-8-13(3-2-12(11)10-18)16-6-7-17-14(9-16)4-5-15(17)19/h2-3,8,14,18H,4-7,9-10H2,1H3. The number of amides is 1. The first-order valence-corrected chi connectivity index (χ1v) is 6.94. The molecule has 2 fully saturated rings. The van der Waals surface area contributed by atoms with E-state index in [-0.39, 0.29) is 6.61 Å². The van der Waals surface area contributed by atoms with Gasteiger partial charge in [0, 0.05) is 37.8 Å². The Kier molecular flexibility index (Phi) is 3.19. The average molecular weight is 260 g/mol. The van der Waals surface area contributed by atoms with Gasteiger partial charge in [-0.2, -0.15) is 0 Å². The Morgan fingerprint density at radius 1 is 1.37 bits per heavy atom. The Morgan fingerprint density at radius 3 is 2.95 bits per heavy atom. The van der Waals surface area contributed by atoms with Crippen molar-refractivity contribution in [2.45, 2.75) is 32.4 Å². The van der Waals surface area contributed by atoms with E-state index in [0.717, 1.165) is 37.2 Å². The summed E-state index contributed by atoms with van der Waals surface area (Å²) in [4.78, 5) is 16.1. The highest BCUT2D eigenvalue weighted by Crippen LogP contribution is 2.27. The minimum absolute atomic E-state index is 0.0943. The highest BCUT2D eigenvalue weighted by molar-refractivity contribution is 5.79. The van der Waals surface area contributed by atoms with E-state index in [1.54, 1.807) is 0 Å². The molecular weight excluding hydrogens is 240 g/mol. The zero-order valence-electron chi connectivity index (χ0n) is 11.3. The predicted octanol–water partition coefficient (Wildman–Crippen LogP) is 1.30. The molecule has 1 atom stereocenters. The van der Waals surface area contributed by atoms with Crippen LogP contribution in [-0.4, -0.2) is 41.6 Å². The third-order valence-corrected chi connectivity index (χ3v) is 4.36. The number of rotatable bonds is 2. The van der Waals surface area contributed by atoms with Gasteiger partial charge in [-0.15, -0.1) is 0 Å². The summed E-state index contributed by atoms with van der Waals surface area (Å²) in [6.07, 6.45) is 1.70. The highest BCUT2D eigenvalue weighted by Gasteiger charge is 2.35. The summed E-state index contributed by atoms with van der Waals surface area (Å²) in [6, 6.07) is 6.60. The maximum Gasteiger partial charge on any atom is 0.223 e. The van der Waals surface area contributed by atoms with E-state index in [9.17, 15) is 9.90 Å². The molecule has 4 nitrogen and oxygen atoms in total. The zero-order chi connectivity index (χ0) is 13.4. The number of carbonyl (C=O) groups is 1.